The zero-order valence-corrected chi connectivity index (χ0v) is 12.3. The molecule has 1 atom stereocenters. The van der Waals surface area contributed by atoms with Crippen molar-refractivity contribution in [3.8, 4) is 0 Å². The fraction of sp³-hybridized carbons (Fsp3) is 0.200. The van der Waals surface area contributed by atoms with Gasteiger partial charge in [-0.15, -0.1) is 0 Å². The molecule has 108 valence electrons. The van der Waals surface area contributed by atoms with Gasteiger partial charge in [0.1, 0.15) is 0 Å². The zero-order chi connectivity index (χ0) is 15.2. The molecule has 0 amide bonds. The van der Waals surface area contributed by atoms with Crippen molar-refractivity contribution in [3.05, 3.63) is 65.7 Å². The third-order valence-electron chi connectivity index (χ3n) is 2.64. The van der Waals surface area contributed by atoms with Crippen LogP contribution in [0.1, 0.15) is 24.1 Å². The third kappa shape index (κ3) is 5.52. The lowest BCUT2D eigenvalue weighted by Crippen LogP contribution is -2.03. The van der Waals surface area contributed by atoms with Crippen LogP contribution in [-0.2, 0) is 10.1 Å². The molecule has 20 heavy (non-hydrogen) atoms. The lowest BCUT2D eigenvalue weighted by Gasteiger charge is -2.02. The monoisotopic (exact) mass is 293 g/mol. The lowest BCUT2D eigenvalue weighted by molar-refractivity contribution is 0.483. The van der Waals surface area contributed by atoms with Crippen LogP contribution in [0.5, 0.6) is 0 Å². The maximum atomic E-state index is 10.5. The highest BCUT2D eigenvalue weighted by Crippen LogP contribution is 2.08. The summed E-state index contributed by atoms with van der Waals surface area (Å²) in [5.74, 6) is 0. The second-order valence-electron chi connectivity index (χ2n) is 4.49. The molecule has 5 heteroatoms. The van der Waals surface area contributed by atoms with Gasteiger partial charge in [-0.3, -0.25) is 4.55 Å². The van der Waals surface area contributed by atoms with Gasteiger partial charge in [0.05, 0.1) is 4.90 Å². The van der Waals surface area contributed by atoms with Gasteiger partial charge in [0.2, 0.25) is 0 Å². The van der Waals surface area contributed by atoms with Gasteiger partial charge in [0.15, 0.2) is 0 Å². The second-order valence-corrected chi connectivity index (χ2v) is 5.91. The predicted octanol–water partition coefficient (Wildman–Crippen LogP) is 2.95. The van der Waals surface area contributed by atoms with Crippen molar-refractivity contribution in [3.63, 3.8) is 0 Å². The molecule has 0 aliphatic carbocycles. The van der Waals surface area contributed by atoms with E-state index < -0.39 is 10.1 Å². The Balaban J connectivity index is 0.000000204. The molecule has 3 N–H and O–H groups in total. The van der Waals surface area contributed by atoms with E-state index in [0.717, 1.165) is 5.56 Å². The van der Waals surface area contributed by atoms with Crippen LogP contribution >= 0.6 is 0 Å². The molecule has 0 aliphatic rings. The highest BCUT2D eigenvalue weighted by atomic mass is 32.2. The van der Waals surface area contributed by atoms with Crippen LogP contribution in [-0.4, -0.2) is 13.0 Å². The van der Waals surface area contributed by atoms with Crippen LogP contribution in [0.15, 0.2) is 59.5 Å². The molecule has 2 aromatic carbocycles. The Labute approximate surface area is 120 Å². The quantitative estimate of drug-likeness (QED) is 0.834. The summed E-state index contributed by atoms with van der Waals surface area (Å²) in [5.41, 5.74) is 7.76. The van der Waals surface area contributed by atoms with Gasteiger partial charge >= 0.3 is 0 Å². The van der Waals surface area contributed by atoms with E-state index in [1.807, 2.05) is 44.2 Å². The van der Waals surface area contributed by atoms with E-state index in [0.29, 0.717) is 0 Å². The van der Waals surface area contributed by atoms with Crippen molar-refractivity contribution in [1.29, 1.82) is 0 Å². The molecule has 2 aromatic rings. The number of benzene rings is 2. The average Bonchev–Trinajstić information content (AvgIpc) is 2.40. The zero-order valence-electron chi connectivity index (χ0n) is 11.5. The van der Waals surface area contributed by atoms with Gasteiger partial charge in [-0.05, 0) is 31.5 Å². The molecule has 0 saturated carbocycles. The molecule has 0 saturated heterocycles. The number of nitrogens with two attached hydrogens (primary N) is 1. The van der Waals surface area contributed by atoms with E-state index in [1.165, 1.54) is 17.7 Å². The number of aryl methyl sites for hydroxylation is 1. The summed E-state index contributed by atoms with van der Waals surface area (Å²) in [6, 6.07) is 16.2. The fourth-order valence-electron chi connectivity index (χ4n) is 1.47. The van der Waals surface area contributed by atoms with Gasteiger partial charge in [-0.25, -0.2) is 0 Å². The molecule has 0 bridgehead atoms. The molecule has 0 fully saturated rings. The molecule has 0 aliphatic heterocycles. The standard InChI is InChI=1S/C8H11N.C7H8O3S/c1-7(9)8-5-3-2-4-6-8;1-6-2-4-7(5-3-6)11(8,9)10/h2-7H,9H2,1H3;2-5H,1H3,(H,8,9,10)/t7-;/m1./s1. The molecule has 2 rings (SSSR count). The van der Waals surface area contributed by atoms with Crippen LogP contribution in [0, 0.1) is 6.92 Å². The van der Waals surface area contributed by atoms with E-state index in [2.05, 4.69) is 0 Å². The lowest BCUT2D eigenvalue weighted by atomic mass is 10.1. The smallest absolute Gasteiger partial charge is 0.294 e. The van der Waals surface area contributed by atoms with Gasteiger partial charge < -0.3 is 5.73 Å². The Morgan fingerprint density at radius 2 is 1.50 bits per heavy atom. The molecular weight excluding hydrogens is 274 g/mol. The molecular formula is C15H19NO3S. The Bertz CT molecular complexity index is 620. The fourth-order valence-corrected chi connectivity index (χ4v) is 1.95. The van der Waals surface area contributed by atoms with Crippen LogP contribution in [0.4, 0.5) is 0 Å². The summed E-state index contributed by atoms with van der Waals surface area (Å²) < 4.78 is 29.6. The van der Waals surface area contributed by atoms with Crippen molar-refractivity contribution >= 4 is 10.1 Å². The predicted molar refractivity (Wildman–Crippen MR) is 80.0 cm³/mol. The first-order chi connectivity index (χ1) is 9.30. The first-order valence-electron chi connectivity index (χ1n) is 6.15. The van der Waals surface area contributed by atoms with E-state index in [9.17, 15) is 8.42 Å². The maximum absolute atomic E-state index is 10.5. The third-order valence-corrected chi connectivity index (χ3v) is 3.51. The minimum Gasteiger partial charge on any atom is -0.324 e. The first-order valence-corrected chi connectivity index (χ1v) is 7.59. The molecule has 0 radical (unpaired) electrons. The van der Waals surface area contributed by atoms with Crippen molar-refractivity contribution in [1.82, 2.24) is 0 Å². The number of hydrogen-bond donors (Lipinski definition) is 2. The minimum absolute atomic E-state index is 0.0666. The molecule has 0 spiro atoms. The Morgan fingerprint density at radius 1 is 1.00 bits per heavy atom. The van der Waals surface area contributed by atoms with E-state index >= 15 is 0 Å². The van der Waals surface area contributed by atoms with Gasteiger partial charge in [0, 0.05) is 6.04 Å². The molecule has 0 unspecified atom stereocenters. The summed E-state index contributed by atoms with van der Waals surface area (Å²) in [6.07, 6.45) is 0. The van der Waals surface area contributed by atoms with Crippen molar-refractivity contribution in [2.75, 3.05) is 0 Å². The largest absolute Gasteiger partial charge is 0.324 e. The van der Waals surface area contributed by atoms with E-state index in [-0.39, 0.29) is 10.9 Å². The van der Waals surface area contributed by atoms with E-state index in [4.69, 9.17) is 10.3 Å². The number of hydrogen-bond acceptors (Lipinski definition) is 3. The summed E-state index contributed by atoms with van der Waals surface area (Å²) in [7, 11) is -4.02. The summed E-state index contributed by atoms with van der Waals surface area (Å²) in [5, 5.41) is 0. The molecule has 4 nitrogen and oxygen atoms in total. The van der Waals surface area contributed by atoms with Gasteiger partial charge in [0.25, 0.3) is 10.1 Å². The van der Waals surface area contributed by atoms with Crippen molar-refractivity contribution in [2.45, 2.75) is 24.8 Å². The first kappa shape index (κ1) is 16.4. The summed E-state index contributed by atoms with van der Waals surface area (Å²) >= 11 is 0. The van der Waals surface area contributed by atoms with Crippen LogP contribution < -0.4 is 5.73 Å². The van der Waals surface area contributed by atoms with Gasteiger partial charge in [-0.1, -0.05) is 48.0 Å². The van der Waals surface area contributed by atoms with E-state index in [1.54, 1.807) is 12.1 Å². The maximum Gasteiger partial charge on any atom is 0.294 e. The second kappa shape index (κ2) is 7.19. The Kier molecular flexibility index (Phi) is 5.88. The summed E-state index contributed by atoms with van der Waals surface area (Å²) in [4.78, 5) is -0.0666. The number of rotatable bonds is 2. The highest BCUT2D eigenvalue weighted by Gasteiger charge is 2.06. The Hall–Kier alpha value is -1.69. The van der Waals surface area contributed by atoms with Crippen molar-refractivity contribution in [2.24, 2.45) is 5.73 Å². The van der Waals surface area contributed by atoms with Crippen molar-refractivity contribution < 1.29 is 13.0 Å². The highest BCUT2D eigenvalue weighted by molar-refractivity contribution is 7.85. The van der Waals surface area contributed by atoms with Gasteiger partial charge in [-0.2, -0.15) is 8.42 Å². The van der Waals surface area contributed by atoms with Crippen LogP contribution in [0.3, 0.4) is 0 Å². The Morgan fingerprint density at radius 3 is 1.85 bits per heavy atom. The summed E-state index contributed by atoms with van der Waals surface area (Å²) in [6.45, 7) is 3.82. The van der Waals surface area contributed by atoms with Crippen LogP contribution in [0.2, 0.25) is 0 Å². The molecule has 0 heterocycles. The topological polar surface area (TPSA) is 80.4 Å². The normalized spacial score (nSPS) is 12.2. The minimum atomic E-state index is -4.02. The molecule has 0 aromatic heterocycles. The van der Waals surface area contributed by atoms with Crippen LogP contribution in [0.25, 0.3) is 0 Å². The SMILES string of the molecule is C[C@@H](N)c1ccccc1.Cc1ccc(S(=O)(=O)O)cc1. The average molecular weight is 293 g/mol.